The van der Waals surface area contributed by atoms with Crippen LogP contribution in [0.5, 0.6) is 0 Å². The van der Waals surface area contributed by atoms with Crippen molar-refractivity contribution in [2.45, 2.75) is 26.5 Å². The molecule has 0 aliphatic carbocycles. The van der Waals surface area contributed by atoms with Gasteiger partial charge in [0, 0.05) is 19.6 Å². The summed E-state index contributed by atoms with van der Waals surface area (Å²) in [6.07, 6.45) is -0.132. The van der Waals surface area contributed by atoms with Crippen molar-refractivity contribution < 1.29 is 5.11 Å². The Bertz CT molecular complexity index is 313. The Morgan fingerprint density at radius 1 is 1.12 bits per heavy atom. The van der Waals surface area contributed by atoms with Crippen LogP contribution in [0.3, 0.4) is 0 Å². The van der Waals surface area contributed by atoms with Crippen molar-refractivity contribution in [3.63, 3.8) is 0 Å². The van der Waals surface area contributed by atoms with E-state index >= 15 is 0 Å². The lowest BCUT2D eigenvalue weighted by atomic mass is 9.88. The highest BCUT2D eigenvalue weighted by Crippen LogP contribution is 2.23. The fourth-order valence-corrected chi connectivity index (χ4v) is 2.64. The van der Waals surface area contributed by atoms with Gasteiger partial charge in [-0.05, 0) is 17.4 Å². The number of hydrogen-bond acceptors (Lipinski definition) is 2. The molecule has 1 aliphatic rings. The van der Waals surface area contributed by atoms with Crippen LogP contribution in [0.1, 0.15) is 19.4 Å². The quantitative estimate of drug-likeness (QED) is 0.823. The summed E-state index contributed by atoms with van der Waals surface area (Å²) < 4.78 is 0. The molecular weight excluding hydrogens is 198 g/mol. The van der Waals surface area contributed by atoms with E-state index in [9.17, 15) is 5.11 Å². The summed E-state index contributed by atoms with van der Waals surface area (Å²) in [5.74, 6) is 0.764. The maximum Gasteiger partial charge on any atom is 0.0615 e. The number of aliphatic hydroxyl groups is 1. The normalized spacial score (nSPS) is 31.6. The fourth-order valence-electron chi connectivity index (χ4n) is 2.64. The molecule has 1 aromatic rings. The van der Waals surface area contributed by atoms with Crippen LogP contribution in [0.4, 0.5) is 0 Å². The Labute approximate surface area is 97.9 Å². The van der Waals surface area contributed by atoms with Gasteiger partial charge < -0.3 is 5.11 Å². The van der Waals surface area contributed by atoms with Crippen LogP contribution >= 0.6 is 0 Å². The van der Waals surface area contributed by atoms with Gasteiger partial charge in [0.1, 0.15) is 0 Å². The van der Waals surface area contributed by atoms with E-state index in [1.165, 1.54) is 5.56 Å². The molecule has 2 rings (SSSR count). The van der Waals surface area contributed by atoms with Crippen LogP contribution in [0.15, 0.2) is 30.3 Å². The van der Waals surface area contributed by atoms with Gasteiger partial charge in [0.2, 0.25) is 0 Å². The van der Waals surface area contributed by atoms with E-state index in [0.717, 1.165) is 19.6 Å². The van der Waals surface area contributed by atoms with E-state index in [1.54, 1.807) is 0 Å². The van der Waals surface area contributed by atoms with Crippen molar-refractivity contribution in [1.29, 1.82) is 0 Å². The lowest BCUT2D eigenvalue weighted by Gasteiger charge is -2.38. The lowest BCUT2D eigenvalue weighted by Crippen LogP contribution is -2.46. The van der Waals surface area contributed by atoms with Crippen molar-refractivity contribution in [3.8, 4) is 0 Å². The van der Waals surface area contributed by atoms with E-state index in [1.807, 2.05) is 0 Å². The van der Waals surface area contributed by atoms with Gasteiger partial charge in [0.15, 0.2) is 0 Å². The van der Waals surface area contributed by atoms with Crippen molar-refractivity contribution in [3.05, 3.63) is 35.9 Å². The zero-order valence-electron chi connectivity index (χ0n) is 10.1. The first-order valence-electron chi connectivity index (χ1n) is 6.11. The summed E-state index contributed by atoms with van der Waals surface area (Å²) in [6, 6.07) is 10.6. The van der Waals surface area contributed by atoms with E-state index < -0.39 is 0 Å². The van der Waals surface area contributed by atoms with E-state index in [0.29, 0.717) is 11.8 Å². The molecule has 1 aliphatic heterocycles. The van der Waals surface area contributed by atoms with Crippen molar-refractivity contribution in [1.82, 2.24) is 4.90 Å². The molecule has 0 radical (unpaired) electrons. The predicted molar refractivity (Wildman–Crippen MR) is 66.1 cm³/mol. The highest BCUT2D eigenvalue weighted by molar-refractivity contribution is 5.14. The third-order valence-electron chi connectivity index (χ3n) is 3.51. The highest BCUT2D eigenvalue weighted by Gasteiger charge is 2.29. The summed E-state index contributed by atoms with van der Waals surface area (Å²) in [6.45, 7) is 7.28. The van der Waals surface area contributed by atoms with Crippen LogP contribution in [0.2, 0.25) is 0 Å². The number of likely N-dealkylation sites (tertiary alicyclic amines) is 1. The number of benzene rings is 1. The second-order valence-corrected chi connectivity index (χ2v) is 5.12. The topological polar surface area (TPSA) is 23.5 Å². The first-order chi connectivity index (χ1) is 7.66. The molecule has 3 atom stereocenters. The lowest BCUT2D eigenvalue weighted by molar-refractivity contribution is -0.0107. The van der Waals surface area contributed by atoms with Crippen LogP contribution < -0.4 is 0 Å². The molecule has 2 nitrogen and oxygen atoms in total. The molecule has 0 spiro atoms. The minimum absolute atomic E-state index is 0.132. The second kappa shape index (κ2) is 4.98. The molecule has 1 N–H and O–H groups in total. The average molecular weight is 219 g/mol. The van der Waals surface area contributed by atoms with E-state index in [-0.39, 0.29) is 6.10 Å². The second-order valence-electron chi connectivity index (χ2n) is 5.12. The van der Waals surface area contributed by atoms with Crippen LogP contribution in [-0.2, 0) is 6.54 Å². The molecular formula is C14H21NO. The van der Waals surface area contributed by atoms with Gasteiger partial charge >= 0.3 is 0 Å². The van der Waals surface area contributed by atoms with Gasteiger partial charge in [-0.15, -0.1) is 0 Å². The zero-order chi connectivity index (χ0) is 11.5. The zero-order valence-corrected chi connectivity index (χ0v) is 10.1. The van der Waals surface area contributed by atoms with Crippen LogP contribution in [-0.4, -0.2) is 29.2 Å². The summed E-state index contributed by atoms with van der Waals surface area (Å²) in [5, 5.41) is 9.90. The number of nitrogens with zero attached hydrogens (tertiary/aromatic N) is 1. The maximum atomic E-state index is 9.90. The van der Waals surface area contributed by atoms with Crippen molar-refractivity contribution >= 4 is 0 Å². The average Bonchev–Trinajstić information content (AvgIpc) is 2.27. The molecule has 0 amide bonds. The molecule has 16 heavy (non-hydrogen) atoms. The SMILES string of the molecule is CC1CN(Cc2ccccc2)C[C@H](C)C1O. The summed E-state index contributed by atoms with van der Waals surface area (Å²) in [5.41, 5.74) is 1.36. The molecule has 1 saturated heterocycles. The van der Waals surface area contributed by atoms with Crippen LogP contribution in [0.25, 0.3) is 0 Å². The molecule has 0 bridgehead atoms. The van der Waals surface area contributed by atoms with Gasteiger partial charge in [-0.25, -0.2) is 0 Å². The Morgan fingerprint density at radius 2 is 1.69 bits per heavy atom. The molecule has 0 saturated carbocycles. The Kier molecular flexibility index (Phi) is 3.62. The van der Waals surface area contributed by atoms with Crippen LogP contribution in [0, 0.1) is 11.8 Å². The maximum absolute atomic E-state index is 9.90. The molecule has 2 unspecified atom stereocenters. The molecule has 88 valence electrons. The first kappa shape index (κ1) is 11.6. The predicted octanol–water partition coefficient (Wildman–Crippen LogP) is 2.14. The highest BCUT2D eigenvalue weighted by atomic mass is 16.3. The standard InChI is InChI=1S/C14H21NO/c1-11-8-15(9-12(2)14(11)16)10-13-6-4-3-5-7-13/h3-7,11-12,14,16H,8-10H2,1-2H3/t11-,12?,14?/m0/s1. The molecule has 1 heterocycles. The monoisotopic (exact) mass is 219 g/mol. The molecule has 0 aromatic heterocycles. The summed E-state index contributed by atoms with van der Waals surface area (Å²) in [4.78, 5) is 2.44. The van der Waals surface area contributed by atoms with Crippen molar-refractivity contribution in [2.75, 3.05) is 13.1 Å². The minimum Gasteiger partial charge on any atom is -0.392 e. The van der Waals surface area contributed by atoms with E-state index in [2.05, 4.69) is 49.1 Å². The summed E-state index contributed by atoms with van der Waals surface area (Å²) in [7, 11) is 0. The van der Waals surface area contributed by atoms with Gasteiger partial charge in [0.05, 0.1) is 6.10 Å². The molecule has 1 aromatic carbocycles. The Hall–Kier alpha value is -0.860. The number of aliphatic hydroxyl groups excluding tert-OH is 1. The third-order valence-corrected chi connectivity index (χ3v) is 3.51. The smallest absolute Gasteiger partial charge is 0.0615 e. The first-order valence-corrected chi connectivity index (χ1v) is 6.11. The van der Waals surface area contributed by atoms with Gasteiger partial charge in [-0.1, -0.05) is 44.2 Å². The van der Waals surface area contributed by atoms with Gasteiger partial charge in [0.25, 0.3) is 0 Å². The molecule has 2 heteroatoms. The minimum atomic E-state index is -0.132. The fraction of sp³-hybridized carbons (Fsp3) is 0.571. The summed E-state index contributed by atoms with van der Waals surface area (Å²) >= 11 is 0. The third kappa shape index (κ3) is 2.63. The molecule has 1 fully saturated rings. The Morgan fingerprint density at radius 3 is 2.25 bits per heavy atom. The van der Waals surface area contributed by atoms with Gasteiger partial charge in [-0.3, -0.25) is 4.90 Å². The Balaban J connectivity index is 1.97. The largest absolute Gasteiger partial charge is 0.392 e. The number of rotatable bonds is 2. The number of piperidine rings is 1. The van der Waals surface area contributed by atoms with Crippen molar-refractivity contribution in [2.24, 2.45) is 11.8 Å². The van der Waals surface area contributed by atoms with Gasteiger partial charge in [-0.2, -0.15) is 0 Å². The van der Waals surface area contributed by atoms with E-state index in [4.69, 9.17) is 0 Å². The number of hydrogen-bond donors (Lipinski definition) is 1.